The van der Waals surface area contributed by atoms with E-state index in [2.05, 4.69) is 9.80 Å². The Morgan fingerprint density at radius 3 is 3.09 bits per heavy atom. The average Bonchev–Trinajstić information content (AvgIpc) is 3.01. The van der Waals surface area contributed by atoms with Crippen LogP contribution in [0.1, 0.15) is 22.5 Å². The van der Waals surface area contributed by atoms with E-state index in [1.54, 1.807) is 11.3 Å². The number of benzene rings is 1. The molecule has 0 N–H and O–H groups in total. The van der Waals surface area contributed by atoms with Gasteiger partial charge >= 0.3 is 0 Å². The molecule has 0 aliphatic carbocycles. The summed E-state index contributed by atoms with van der Waals surface area (Å²) in [4.78, 5) is 18.7. The minimum Gasteiger partial charge on any atom is -0.330 e. The number of amides is 1. The summed E-state index contributed by atoms with van der Waals surface area (Å²) in [7, 11) is 0. The fraction of sp³-hybridized carbons (Fsp3) is 0.471. The average molecular weight is 333 g/mol. The molecule has 4 unspecified atom stereocenters. The van der Waals surface area contributed by atoms with Gasteiger partial charge in [0.05, 0.1) is 14.6 Å². The second kappa shape index (κ2) is 4.70. The van der Waals surface area contributed by atoms with Crippen molar-refractivity contribution in [1.82, 2.24) is 9.80 Å². The quantitative estimate of drug-likeness (QED) is 0.798. The Kier molecular flexibility index (Phi) is 2.85. The van der Waals surface area contributed by atoms with E-state index in [0.717, 1.165) is 39.5 Å². The summed E-state index contributed by atoms with van der Waals surface area (Å²) in [5, 5.41) is 1.82. The first kappa shape index (κ1) is 13.3. The van der Waals surface area contributed by atoms with Crippen molar-refractivity contribution in [2.75, 3.05) is 19.6 Å². The second-order valence-electron chi connectivity index (χ2n) is 6.75. The summed E-state index contributed by atoms with van der Waals surface area (Å²) in [5.74, 6) is 0.910. The number of carbonyl (C=O) groups is 1. The Balaban J connectivity index is 1.54. The molecular weight excluding hydrogens is 316 g/mol. The molecule has 3 aliphatic rings. The van der Waals surface area contributed by atoms with E-state index in [9.17, 15) is 4.79 Å². The first-order valence-electron chi connectivity index (χ1n) is 7.94. The molecule has 0 spiro atoms. The van der Waals surface area contributed by atoms with Gasteiger partial charge in [0.2, 0.25) is 0 Å². The highest BCUT2D eigenvalue weighted by atomic mass is 35.5. The Morgan fingerprint density at radius 2 is 2.23 bits per heavy atom. The van der Waals surface area contributed by atoms with Crippen molar-refractivity contribution in [3.05, 3.63) is 34.2 Å². The molecule has 4 atom stereocenters. The van der Waals surface area contributed by atoms with Crippen molar-refractivity contribution < 1.29 is 4.79 Å². The predicted molar refractivity (Wildman–Crippen MR) is 89.7 cm³/mol. The van der Waals surface area contributed by atoms with Crippen LogP contribution in [0.25, 0.3) is 10.1 Å². The van der Waals surface area contributed by atoms with E-state index < -0.39 is 0 Å². The minimum atomic E-state index is 0.221. The van der Waals surface area contributed by atoms with Gasteiger partial charge in [-0.25, -0.2) is 0 Å². The van der Waals surface area contributed by atoms with Crippen LogP contribution in [0.2, 0.25) is 5.02 Å². The highest BCUT2D eigenvalue weighted by Crippen LogP contribution is 2.42. The lowest BCUT2D eigenvalue weighted by atomic mass is 9.89. The van der Waals surface area contributed by atoms with Crippen LogP contribution in [0.3, 0.4) is 0 Å². The maximum absolute atomic E-state index is 13.1. The lowest BCUT2D eigenvalue weighted by Crippen LogP contribution is -2.44. The molecule has 3 nitrogen and oxygen atoms in total. The maximum atomic E-state index is 13.1. The van der Waals surface area contributed by atoms with Crippen molar-refractivity contribution in [2.24, 2.45) is 5.92 Å². The molecule has 114 valence electrons. The number of hydrogen-bond acceptors (Lipinski definition) is 3. The zero-order chi connectivity index (χ0) is 14.8. The molecule has 22 heavy (non-hydrogen) atoms. The van der Waals surface area contributed by atoms with Crippen LogP contribution in [0, 0.1) is 5.92 Å². The van der Waals surface area contributed by atoms with E-state index in [4.69, 9.17) is 11.6 Å². The van der Waals surface area contributed by atoms with Gasteiger partial charge in [0.25, 0.3) is 5.91 Å². The molecule has 3 saturated heterocycles. The molecule has 3 aliphatic heterocycles. The lowest BCUT2D eigenvalue weighted by Gasteiger charge is -2.35. The topological polar surface area (TPSA) is 23.6 Å². The molecule has 3 bridgehead atoms. The summed E-state index contributed by atoms with van der Waals surface area (Å²) in [6.07, 6.45) is 2.33. The number of nitrogens with zero attached hydrogens (tertiary/aromatic N) is 2. The van der Waals surface area contributed by atoms with Gasteiger partial charge in [0.15, 0.2) is 0 Å². The van der Waals surface area contributed by atoms with Crippen molar-refractivity contribution >= 4 is 38.9 Å². The molecule has 3 fully saturated rings. The highest BCUT2D eigenvalue weighted by Gasteiger charge is 2.50. The Morgan fingerprint density at radius 1 is 1.32 bits per heavy atom. The molecule has 5 rings (SSSR count). The van der Waals surface area contributed by atoms with Gasteiger partial charge in [-0.3, -0.25) is 4.79 Å². The molecule has 5 heteroatoms. The summed E-state index contributed by atoms with van der Waals surface area (Å²) >= 11 is 7.81. The van der Waals surface area contributed by atoms with Gasteiger partial charge in [0.1, 0.15) is 0 Å². The fourth-order valence-electron chi connectivity index (χ4n) is 4.63. The molecule has 0 radical (unpaired) electrons. The largest absolute Gasteiger partial charge is 0.330 e. The third-order valence-corrected chi connectivity index (χ3v) is 7.11. The molecule has 1 aromatic carbocycles. The van der Waals surface area contributed by atoms with E-state index >= 15 is 0 Å². The standard InChI is InChI=1S/C17H17ClN2OS/c18-13-3-1-2-10-7-15(22-16(10)13)17(21)20-12-6-11-8-19(9-12)5-4-14(11)20/h1-3,7,11-12,14H,4-6,8-9H2. The van der Waals surface area contributed by atoms with Crippen LogP contribution in [0.4, 0.5) is 0 Å². The van der Waals surface area contributed by atoms with Crippen LogP contribution >= 0.6 is 22.9 Å². The summed E-state index contributed by atoms with van der Waals surface area (Å²) in [6, 6.07) is 8.77. The highest BCUT2D eigenvalue weighted by molar-refractivity contribution is 7.21. The number of piperidine rings is 2. The first-order chi connectivity index (χ1) is 10.7. The maximum Gasteiger partial charge on any atom is 0.264 e. The minimum absolute atomic E-state index is 0.221. The van der Waals surface area contributed by atoms with Gasteiger partial charge in [-0.1, -0.05) is 23.7 Å². The third-order valence-electron chi connectivity index (χ3n) is 5.51. The van der Waals surface area contributed by atoms with E-state index in [1.165, 1.54) is 13.0 Å². The van der Waals surface area contributed by atoms with Gasteiger partial charge in [-0.2, -0.15) is 0 Å². The van der Waals surface area contributed by atoms with Crippen molar-refractivity contribution in [3.8, 4) is 0 Å². The monoisotopic (exact) mass is 332 g/mol. The molecular formula is C17H17ClN2OS. The number of likely N-dealkylation sites (tertiary alicyclic amines) is 1. The molecule has 0 saturated carbocycles. The van der Waals surface area contributed by atoms with E-state index in [1.807, 2.05) is 24.3 Å². The Bertz CT molecular complexity index is 773. The number of carbonyl (C=O) groups excluding carboxylic acids is 1. The number of fused-ring (bicyclic) bond motifs is 3. The van der Waals surface area contributed by atoms with Crippen LogP contribution < -0.4 is 0 Å². The predicted octanol–water partition coefficient (Wildman–Crippen LogP) is 3.47. The van der Waals surface area contributed by atoms with Crippen molar-refractivity contribution in [1.29, 1.82) is 0 Å². The van der Waals surface area contributed by atoms with E-state index in [0.29, 0.717) is 18.0 Å². The number of thiophene rings is 1. The lowest BCUT2D eigenvalue weighted by molar-refractivity contribution is 0.0677. The van der Waals surface area contributed by atoms with Crippen molar-refractivity contribution in [2.45, 2.75) is 24.9 Å². The van der Waals surface area contributed by atoms with Crippen LogP contribution in [-0.2, 0) is 0 Å². The number of hydrogen-bond donors (Lipinski definition) is 0. The van der Waals surface area contributed by atoms with Gasteiger partial charge in [-0.05, 0) is 36.3 Å². The van der Waals surface area contributed by atoms with Crippen LogP contribution in [0.5, 0.6) is 0 Å². The Labute approximate surface area is 138 Å². The second-order valence-corrected chi connectivity index (χ2v) is 8.21. The van der Waals surface area contributed by atoms with Crippen molar-refractivity contribution in [3.63, 3.8) is 0 Å². The molecule has 4 heterocycles. The molecule has 1 amide bonds. The summed E-state index contributed by atoms with van der Waals surface area (Å²) < 4.78 is 1.03. The smallest absolute Gasteiger partial charge is 0.264 e. The number of halogens is 1. The van der Waals surface area contributed by atoms with Gasteiger partial charge in [0, 0.05) is 31.7 Å². The number of rotatable bonds is 1. The third kappa shape index (κ3) is 1.81. The molecule has 1 aromatic heterocycles. The SMILES string of the molecule is O=C(c1cc2cccc(Cl)c2s1)N1C2CC3CN(CCC31)C2. The summed E-state index contributed by atoms with van der Waals surface area (Å²) in [5.41, 5.74) is 0. The van der Waals surface area contributed by atoms with Crippen LogP contribution in [0.15, 0.2) is 24.3 Å². The van der Waals surface area contributed by atoms with Gasteiger partial charge in [-0.15, -0.1) is 11.3 Å². The zero-order valence-electron chi connectivity index (χ0n) is 12.2. The fourth-order valence-corrected chi connectivity index (χ4v) is 5.94. The molecule has 2 aromatic rings. The summed E-state index contributed by atoms with van der Waals surface area (Å²) in [6.45, 7) is 3.40. The van der Waals surface area contributed by atoms with Gasteiger partial charge < -0.3 is 9.80 Å². The van der Waals surface area contributed by atoms with E-state index in [-0.39, 0.29) is 5.91 Å². The Hall–Kier alpha value is -1.10. The normalized spacial score (nSPS) is 32.9. The van der Waals surface area contributed by atoms with Crippen LogP contribution in [-0.4, -0.2) is 47.4 Å². The zero-order valence-corrected chi connectivity index (χ0v) is 13.7. The first-order valence-corrected chi connectivity index (χ1v) is 9.13.